The lowest BCUT2D eigenvalue weighted by Gasteiger charge is -2.47. The van der Waals surface area contributed by atoms with Crippen LogP contribution in [0.1, 0.15) is 64.2 Å². The molecule has 7 rings (SSSR count). The average molecular weight is 1330 g/mol. The minimum Gasteiger partial charge on any atom is -0.493 e. The van der Waals surface area contributed by atoms with Gasteiger partial charge in [0, 0.05) is 61.4 Å². The molecule has 1 aromatic rings. The van der Waals surface area contributed by atoms with Crippen molar-refractivity contribution in [2.75, 3.05) is 65.7 Å². The van der Waals surface area contributed by atoms with Gasteiger partial charge < -0.3 is 92.6 Å². The summed E-state index contributed by atoms with van der Waals surface area (Å²) < 4.78 is 77.9. The number of Topliss-reactive ketones (excluding diaryl/α,β-unsaturated/α-hetero) is 1. The van der Waals surface area contributed by atoms with Crippen molar-refractivity contribution in [2.24, 2.45) is 0 Å². The zero-order chi connectivity index (χ0) is 64.9. The van der Waals surface area contributed by atoms with Crippen molar-refractivity contribution in [3.63, 3.8) is 0 Å². The molecule has 6 aliphatic rings. The standard InChI is InChI=1S/C59H80N4O22S4/c1-28(2)60-36-27-77-43(25-39(36)73-8)83-52-50(66)47(63-85-45-24-37(64)53(86-12)31(5)79-45)29(3)80-57(52)82-38-18-16-14-15-17-20-59(71)34(19-21-88-89-87-13)46(38)48(62-58(70)76-11)51(67)54(59)84-44-26-42(49(65)30(4)78-44)81-56(69)33-22-40(74-9)41(75-10)23-35(33)61-55(68)32(6)72-7/h14-15,19,22-23,28-31,36-39,42-45,47,49-50,52-54,57,60,63-66,71H,6,21,24-27H2,1-5,7-13H3,(H,61,68)(H,62,70)/b15-14-,34-19-/t29-,30-,31-,36+,37+,38+,39+,42-,43+,44-,45+,47-,49+,50+,52-,53-,54+,57+,59-/m1/s1. The number of ether oxygens (including phenoxy) is 13. The third kappa shape index (κ3) is 17.6. The van der Waals surface area contributed by atoms with Gasteiger partial charge in [0.25, 0.3) is 5.91 Å². The number of carbonyl (C=O) groups is 4. The molecule has 4 saturated heterocycles. The number of hydrogen-bond donors (Lipinski definition) is 8. The molecule has 0 unspecified atom stereocenters. The van der Waals surface area contributed by atoms with E-state index in [0.717, 1.165) is 7.11 Å². The Morgan fingerprint density at radius 2 is 1.56 bits per heavy atom. The van der Waals surface area contributed by atoms with Crippen LogP contribution >= 0.6 is 43.2 Å². The molecule has 2 amide bonds. The van der Waals surface area contributed by atoms with Gasteiger partial charge in [-0.25, -0.2) is 9.59 Å². The van der Waals surface area contributed by atoms with Gasteiger partial charge >= 0.3 is 12.1 Å². The van der Waals surface area contributed by atoms with Crippen molar-refractivity contribution in [3.05, 3.63) is 65.1 Å². The van der Waals surface area contributed by atoms with Crippen LogP contribution in [-0.4, -0.2) is 226 Å². The molecule has 492 valence electrons. The summed E-state index contributed by atoms with van der Waals surface area (Å²) in [6.45, 7) is 12.6. The van der Waals surface area contributed by atoms with E-state index in [1.807, 2.05) is 33.3 Å². The molecular formula is C59H80N4O22S4. The highest BCUT2D eigenvalue weighted by Crippen LogP contribution is 2.44. The number of rotatable bonds is 25. The van der Waals surface area contributed by atoms with Crippen molar-refractivity contribution >= 4 is 72.6 Å². The molecule has 2 bridgehead atoms. The summed E-state index contributed by atoms with van der Waals surface area (Å²) in [6, 6.07) is 1.39. The number of ketones is 1. The number of benzene rings is 1. The summed E-state index contributed by atoms with van der Waals surface area (Å²) in [5.41, 5.74) is -0.949. The van der Waals surface area contributed by atoms with Gasteiger partial charge in [0.05, 0.1) is 99.8 Å². The Labute approximate surface area is 533 Å². The molecule has 0 radical (unpaired) electrons. The highest BCUT2D eigenvalue weighted by Gasteiger charge is 2.57. The molecule has 4 heterocycles. The van der Waals surface area contributed by atoms with E-state index in [9.17, 15) is 34.8 Å². The Kier molecular flexibility index (Phi) is 26.9. The molecule has 0 saturated carbocycles. The fraction of sp³-hybridized carbons (Fsp3) is 0.627. The third-order valence-electron chi connectivity index (χ3n) is 15.2. The zero-order valence-corrected chi connectivity index (χ0v) is 54.6. The van der Waals surface area contributed by atoms with E-state index in [0.29, 0.717) is 0 Å². The second kappa shape index (κ2) is 33.3. The van der Waals surface area contributed by atoms with Gasteiger partial charge in [0.2, 0.25) is 5.78 Å². The first kappa shape index (κ1) is 71.8. The summed E-state index contributed by atoms with van der Waals surface area (Å²) in [5, 5.41) is 56.8. The number of methoxy groups -OCH3 is 5. The third-order valence-corrected chi connectivity index (χ3v) is 20.2. The number of nitrogens with one attached hydrogen (secondary N) is 4. The molecule has 4 aliphatic heterocycles. The van der Waals surface area contributed by atoms with Gasteiger partial charge in [0.1, 0.15) is 30.5 Å². The summed E-state index contributed by atoms with van der Waals surface area (Å²) in [6.07, 6.45) is -11.7. The fourth-order valence-corrected chi connectivity index (χ4v) is 14.1. The Morgan fingerprint density at radius 3 is 2.22 bits per heavy atom. The van der Waals surface area contributed by atoms with Crippen molar-refractivity contribution in [1.29, 1.82) is 0 Å². The van der Waals surface area contributed by atoms with Crippen molar-refractivity contribution in [3.8, 4) is 35.2 Å². The lowest BCUT2D eigenvalue weighted by atomic mass is 9.73. The van der Waals surface area contributed by atoms with Crippen LogP contribution in [-0.2, 0) is 66.5 Å². The number of alkyl carbamates (subject to hydrolysis) is 1. The van der Waals surface area contributed by atoms with Crippen molar-refractivity contribution in [1.82, 2.24) is 16.1 Å². The fourth-order valence-electron chi connectivity index (χ4n) is 10.8. The van der Waals surface area contributed by atoms with E-state index in [-0.39, 0.29) is 88.3 Å². The van der Waals surface area contributed by atoms with Gasteiger partial charge in [0.15, 0.2) is 54.1 Å². The first-order chi connectivity index (χ1) is 42.5. The second-order valence-electron chi connectivity index (χ2n) is 21.4. The molecule has 2 aliphatic carbocycles. The SMILES string of the molecule is C=C(OC)C(=O)Nc1cc(OC)c(OC)cc1C(=O)O[C@@H]1C[C@@H](O[C@H]2C(=O)C(NC(=O)OC)=C3/C(=C/CSSSC)[C@]2(O)C#C/C=C\C#C[C@@H]3O[C@@H]2O[C@H](C)[C@@H](NO[C@H]3C[C@H](O)[C@H](SC)[C@@H](C)O3)[C@H](O)[C@H]2O[C@H]2C[C@H](OC)[C@@H](NC(C)C)CO2)O[C@H](C)[C@@H]1O. The van der Waals surface area contributed by atoms with Crippen LogP contribution in [0.3, 0.4) is 0 Å². The number of hydrogen-bond acceptors (Lipinski definition) is 28. The van der Waals surface area contributed by atoms with Crippen LogP contribution < -0.4 is 30.9 Å². The first-order valence-corrected chi connectivity index (χ1v) is 33.8. The summed E-state index contributed by atoms with van der Waals surface area (Å²) in [4.78, 5) is 62.5. The zero-order valence-electron chi connectivity index (χ0n) is 51.4. The normalized spacial score (nSPS) is 34.4. The summed E-state index contributed by atoms with van der Waals surface area (Å²) >= 11 is 1.47. The molecular weight excluding hydrogens is 1240 g/mol. The van der Waals surface area contributed by atoms with Crippen LogP contribution in [0, 0.1) is 23.7 Å². The molecule has 89 heavy (non-hydrogen) atoms. The molecule has 0 spiro atoms. The van der Waals surface area contributed by atoms with Gasteiger partial charge in [-0.05, 0) is 55.3 Å². The Morgan fingerprint density at radius 1 is 0.854 bits per heavy atom. The lowest BCUT2D eigenvalue weighted by Crippen LogP contribution is -2.65. The van der Waals surface area contributed by atoms with E-state index in [4.69, 9.17) is 66.4 Å². The number of allylic oxidation sites excluding steroid dienone is 2. The van der Waals surface area contributed by atoms with E-state index in [2.05, 4.69) is 51.7 Å². The van der Waals surface area contributed by atoms with Crippen LogP contribution in [0.5, 0.6) is 11.5 Å². The van der Waals surface area contributed by atoms with Gasteiger partial charge in [-0.3, -0.25) is 19.7 Å². The number of aliphatic hydroxyl groups is 4. The number of carbonyl (C=O) groups excluding carboxylic acids is 4. The molecule has 19 atom stereocenters. The summed E-state index contributed by atoms with van der Waals surface area (Å²) in [5.74, 6) is 8.60. The number of esters is 1. The van der Waals surface area contributed by atoms with E-state index in [1.165, 1.54) is 95.7 Å². The summed E-state index contributed by atoms with van der Waals surface area (Å²) in [7, 11) is 10.8. The van der Waals surface area contributed by atoms with E-state index >= 15 is 4.79 Å². The van der Waals surface area contributed by atoms with Crippen LogP contribution in [0.2, 0.25) is 0 Å². The molecule has 8 N–H and O–H groups in total. The molecule has 26 nitrogen and oxygen atoms in total. The van der Waals surface area contributed by atoms with Crippen molar-refractivity contribution in [2.45, 2.75) is 175 Å². The van der Waals surface area contributed by atoms with Crippen LogP contribution in [0.4, 0.5) is 10.5 Å². The van der Waals surface area contributed by atoms with Gasteiger partial charge in [-0.2, -0.15) is 17.2 Å². The lowest BCUT2D eigenvalue weighted by molar-refractivity contribution is -0.336. The molecule has 0 aromatic heterocycles. The highest BCUT2D eigenvalue weighted by molar-refractivity contribution is 9.09. The Bertz CT molecular complexity index is 2890. The van der Waals surface area contributed by atoms with E-state index < -0.39 is 134 Å². The first-order valence-electron chi connectivity index (χ1n) is 28.4. The van der Waals surface area contributed by atoms with Gasteiger partial charge in [-0.1, -0.05) is 71.8 Å². The molecule has 1 aromatic carbocycles. The van der Waals surface area contributed by atoms with Crippen molar-refractivity contribution < 1.29 is 106 Å². The maximum atomic E-state index is 15.6. The number of hydroxylamine groups is 1. The number of aliphatic hydroxyl groups excluding tert-OH is 3. The number of anilines is 1. The average Bonchev–Trinajstić information content (AvgIpc) is 0.971. The monoisotopic (exact) mass is 1320 g/mol. The number of thioether (sulfide) groups is 1. The second-order valence-corrected chi connectivity index (χ2v) is 26.8. The Balaban J connectivity index is 1.27. The topological polar surface area (TPSA) is 327 Å². The molecule has 4 fully saturated rings. The minimum absolute atomic E-state index is 0.0843. The number of fused-ring (bicyclic) bond motifs is 2. The van der Waals surface area contributed by atoms with Gasteiger partial charge in [-0.15, -0.1) is 0 Å². The Hall–Kier alpha value is -4.62. The van der Waals surface area contributed by atoms with E-state index in [1.54, 1.807) is 20.1 Å². The quantitative estimate of drug-likeness (QED) is 0.0132. The highest BCUT2D eigenvalue weighted by atomic mass is 33.5. The maximum Gasteiger partial charge on any atom is 0.411 e. The van der Waals surface area contributed by atoms with Crippen LogP contribution in [0.15, 0.2) is 59.5 Å². The number of amides is 2. The van der Waals surface area contributed by atoms with Crippen LogP contribution in [0.25, 0.3) is 0 Å². The smallest absolute Gasteiger partial charge is 0.411 e. The minimum atomic E-state index is -2.66. The predicted molar refractivity (Wildman–Crippen MR) is 330 cm³/mol. The molecule has 30 heteroatoms. The maximum absolute atomic E-state index is 15.6. The largest absolute Gasteiger partial charge is 0.493 e. The predicted octanol–water partition coefficient (Wildman–Crippen LogP) is 3.42.